The maximum absolute atomic E-state index is 10.9. The number of hydrogen-bond acceptors (Lipinski definition) is 3. The number of rotatable bonds is 2. The van der Waals surface area contributed by atoms with Crippen molar-refractivity contribution in [1.82, 2.24) is 4.98 Å². The van der Waals surface area contributed by atoms with Gasteiger partial charge in [0, 0.05) is 31.3 Å². The summed E-state index contributed by atoms with van der Waals surface area (Å²) in [6, 6.07) is 3.56. The zero-order valence-corrected chi connectivity index (χ0v) is 7.02. The Morgan fingerprint density at radius 2 is 2.42 bits per heavy atom. The quantitative estimate of drug-likeness (QED) is 0.373. The molecule has 0 spiro atoms. The van der Waals surface area contributed by atoms with Gasteiger partial charge in [0.05, 0.1) is 5.56 Å². The predicted octanol–water partition coefficient (Wildman–Crippen LogP) is 0.962. The average Bonchev–Trinajstić information content (AvgIpc) is 2.17. The molecule has 0 fully saturated rings. The summed E-state index contributed by atoms with van der Waals surface area (Å²) in [7, 11) is 1.33. The normalized spacial score (nSPS) is 12.2. The van der Waals surface area contributed by atoms with E-state index >= 15 is 0 Å². The molecule has 64 valence electrons. The fourth-order valence-electron chi connectivity index (χ4n) is 0.819. The first-order chi connectivity index (χ1) is 5.75. The summed E-state index contributed by atoms with van der Waals surface area (Å²) in [5, 5.41) is 10.9. The number of aromatic nitrogens is 1. The molecule has 0 unspecified atom stereocenters. The second kappa shape index (κ2) is 3.71. The standard InChI is InChI=1S/C8H10N2O2/c1-7(10(11)12-2)8-4-3-5-9-6-8/h3-6H,1-2H3. The van der Waals surface area contributed by atoms with Crippen LogP contribution in [0, 0.1) is 5.21 Å². The van der Waals surface area contributed by atoms with Gasteiger partial charge in [0.15, 0.2) is 0 Å². The minimum atomic E-state index is 0.455. The number of nitrogens with zero attached hydrogens (tertiary/aromatic N) is 2. The molecule has 0 radical (unpaired) electrons. The zero-order chi connectivity index (χ0) is 8.97. The van der Waals surface area contributed by atoms with E-state index in [0.717, 1.165) is 5.56 Å². The highest BCUT2D eigenvalue weighted by atomic mass is 16.9. The largest absolute Gasteiger partial charge is 0.406 e. The van der Waals surface area contributed by atoms with Crippen molar-refractivity contribution in [3.05, 3.63) is 35.3 Å². The van der Waals surface area contributed by atoms with Crippen LogP contribution in [0.25, 0.3) is 0 Å². The Kier molecular flexibility index (Phi) is 2.63. The lowest BCUT2D eigenvalue weighted by atomic mass is 10.2. The van der Waals surface area contributed by atoms with E-state index in [1.807, 2.05) is 0 Å². The summed E-state index contributed by atoms with van der Waals surface area (Å²) in [6.07, 6.45) is 3.26. The van der Waals surface area contributed by atoms with Gasteiger partial charge in [-0.25, -0.2) is 0 Å². The Labute approximate surface area is 70.7 Å². The van der Waals surface area contributed by atoms with Crippen molar-refractivity contribution in [2.75, 3.05) is 7.11 Å². The van der Waals surface area contributed by atoms with E-state index in [-0.39, 0.29) is 0 Å². The van der Waals surface area contributed by atoms with Crippen molar-refractivity contribution in [3.63, 3.8) is 0 Å². The van der Waals surface area contributed by atoms with Crippen LogP contribution in [0.4, 0.5) is 0 Å². The minimum absolute atomic E-state index is 0.455. The molecule has 0 aliphatic carbocycles. The van der Waals surface area contributed by atoms with E-state index in [4.69, 9.17) is 0 Å². The van der Waals surface area contributed by atoms with Gasteiger partial charge in [0.2, 0.25) is 0 Å². The minimum Gasteiger partial charge on any atom is -0.406 e. The topological polar surface area (TPSA) is 48.2 Å². The van der Waals surface area contributed by atoms with Crippen molar-refractivity contribution in [2.45, 2.75) is 6.92 Å². The van der Waals surface area contributed by atoms with E-state index in [2.05, 4.69) is 9.82 Å². The third-order valence-electron chi connectivity index (χ3n) is 1.52. The van der Waals surface area contributed by atoms with Crippen LogP contribution in [0.1, 0.15) is 12.5 Å². The molecule has 0 atom stereocenters. The molecule has 4 nitrogen and oxygen atoms in total. The van der Waals surface area contributed by atoms with Gasteiger partial charge in [-0.1, -0.05) is 0 Å². The fourth-order valence-corrected chi connectivity index (χ4v) is 0.819. The van der Waals surface area contributed by atoms with Crippen LogP contribution in [-0.2, 0) is 4.84 Å². The Hall–Kier alpha value is -1.58. The molecule has 0 aliphatic rings. The van der Waals surface area contributed by atoms with E-state index in [9.17, 15) is 5.21 Å². The second-order valence-corrected chi connectivity index (χ2v) is 2.27. The third kappa shape index (κ3) is 1.72. The van der Waals surface area contributed by atoms with E-state index in [0.29, 0.717) is 10.6 Å². The molecule has 4 heteroatoms. The first-order valence-corrected chi connectivity index (χ1v) is 3.51. The van der Waals surface area contributed by atoms with Gasteiger partial charge in [-0.2, -0.15) is 0 Å². The monoisotopic (exact) mass is 166 g/mol. The lowest BCUT2D eigenvalue weighted by Crippen LogP contribution is -2.12. The molecule has 1 heterocycles. The number of pyridine rings is 1. The van der Waals surface area contributed by atoms with Crippen LogP contribution in [0.5, 0.6) is 0 Å². The summed E-state index contributed by atoms with van der Waals surface area (Å²) in [5.41, 5.74) is 1.25. The van der Waals surface area contributed by atoms with Crippen LogP contribution in [0.15, 0.2) is 24.5 Å². The maximum Gasteiger partial charge on any atom is 0.250 e. The van der Waals surface area contributed by atoms with E-state index < -0.39 is 0 Å². The predicted molar refractivity (Wildman–Crippen MR) is 44.7 cm³/mol. The molecule has 0 aliphatic heterocycles. The summed E-state index contributed by atoms with van der Waals surface area (Å²) < 4.78 is 0. The van der Waals surface area contributed by atoms with Crippen LogP contribution >= 0.6 is 0 Å². The van der Waals surface area contributed by atoms with Crippen molar-refractivity contribution in [2.24, 2.45) is 0 Å². The van der Waals surface area contributed by atoms with Gasteiger partial charge in [-0.3, -0.25) is 10.2 Å². The molecule has 0 N–H and O–H groups in total. The second-order valence-electron chi connectivity index (χ2n) is 2.27. The third-order valence-corrected chi connectivity index (χ3v) is 1.52. The Balaban J connectivity index is 3.00. The van der Waals surface area contributed by atoms with Crippen molar-refractivity contribution in [3.8, 4) is 0 Å². The molecule has 1 rings (SSSR count). The van der Waals surface area contributed by atoms with Crippen LogP contribution in [0.2, 0.25) is 0 Å². The molecule has 0 amide bonds. The summed E-state index contributed by atoms with van der Waals surface area (Å²) in [6.45, 7) is 1.67. The first-order valence-electron chi connectivity index (χ1n) is 3.51. The van der Waals surface area contributed by atoms with Gasteiger partial charge >= 0.3 is 0 Å². The Morgan fingerprint density at radius 3 is 2.92 bits per heavy atom. The molecule has 0 saturated carbocycles. The van der Waals surface area contributed by atoms with Gasteiger partial charge in [0.25, 0.3) is 5.71 Å². The maximum atomic E-state index is 10.9. The summed E-state index contributed by atoms with van der Waals surface area (Å²) in [5.74, 6) is 0. The van der Waals surface area contributed by atoms with Gasteiger partial charge < -0.3 is 4.84 Å². The smallest absolute Gasteiger partial charge is 0.250 e. The highest BCUT2D eigenvalue weighted by Crippen LogP contribution is 1.97. The molecule has 1 aromatic heterocycles. The van der Waals surface area contributed by atoms with Crippen LogP contribution in [-0.4, -0.2) is 22.7 Å². The molecule has 0 saturated heterocycles. The van der Waals surface area contributed by atoms with Gasteiger partial charge in [-0.15, -0.1) is 0 Å². The van der Waals surface area contributed by atoms with Gasteiger partial charge in [-0.05, 0) is 12.1 Å². The molecular weight excluding hydrogens is 156 g/mol. The molecule has 0 aromatic carbocycles. The lowest BCUT2D eigenvalue weighted by molar-refractivity contribution is -0.733. The van der Waals surface area contributed by atoms with Crippen molar-refractivity contribution < 1.29 is 9.74 Å². The molecular formula is C8H10N2O2. The summed E-state index contributed by atoms with van der Waals surface area (Å²) >= 11 is 0. The van der Waals surface area contributed by atoms with Crippen molar-refractivity contribution in [1.29, 1.82) is 0 Å². The van der Waals surface area contributed by atoms with E-state index in [1.165, 1.54) is 7.11 Å². The highest BCUT2D eigenvalue weighted by Gasteiger charge is 2.06. The summed E-state index contributed by atoms with van der Waals surface area (Å²) in [4.78, 5) is 8.82. The van der Waals surface area contributed by atoms with Crippen molar-refractivity contribution >= 4 is 5.71 Å². The first kappa shape index (κ1) is 8.52. The van der Waals surface area contributed by atoms with E-state index in [1.54, 1.807) is 31.5 Å². The van der Waals surface area contributed by atoms with Gasteiger partial charge in [0.1, 0.15) is 0 Å². The Morgan fingerprint density at radius 1 is 1.67 bits per heavy atom. The Bertz CT molecular complexity index is 282. The zero-order valence-electron chi connectivity index (χ0n) is 7.02. The van der Waals surface area contributed by atoms with Crippen LogP contribution in [0.3, 0.4) is 0 Å². The SMILES string of the molecule is CO[N+]([O-])=C(C)c1cccnc1. The average molecular weight is 166 g/mol. The van der Waals surface area contributed by atoms with Crippen LogP contribution < -0.4 is 0 Å². The molecule has 12 heavy (non-hydrogen) atoms. The lowest BCUT2D eigenvalue weighted by Gasteiger charge is -2.00. The fraction of sp³-hybridized carbons (Fsp3) is 0.250. The molecule has 0 bridgehead atoms. The molecule has 1 aromatic rings. The number of hydrogen-bond donors (Lipinski definition) is 0. The highest BCUT2D eigenvalue weighted by molar-refractivity contribution is 5.94.